The number of piperidine rings is 2. The van der Waals surface area contributed by atoms with E-state index in [4.69, 9.17) is 4.74 Å². The molecule has 0 radical (unpaired) electrons. The molecule has 1 spiro atoms. The molecule has 136 valence electrons. The molecular formula is C21H30N2O2. The Morgan fingerprint density at radius 3 is 2.68 bits per heavy atom. The second-order valence-corrected chi connectivity index (χ2v) is 8.30. The number of ether oxygens (including phenoxy) is 1. The Hall–Kier alpha value is -1.39. The molecule has 4 unspecified atom stereocenters. The van der Waals surface area contributed by atoms with Gasteiger partial charge in [-0.3, -0.25) is 9.69 Å². The van der Waals surface area contributed by atoms with Crippen LogP contribution < -0.4 is 0 Å². The summed E-state index contributed by atoms with van der Waals surface area (Å²) >= 11 is 0. The van der Waals surface area contributed by atoms with Gasteiger partial charge in [0.05, 0.1) is 12.6 Å². The Labute approximate surface area is 151 Å². The van der Waals surface area contributed by atoms with E-state index >= 15 is 0 Å². The van der Waals surface area contributed by atoms with Crippen molar-refractivity contribution in [1.29, 1.82) is 0 Å². The molecule has 0 saturated carbocycles. The average Bonchev–Trinajstić information content (AvgIpc) is 3.02. The fourth-order valence-corrected chi connectivity index (χ4v) is 5.10. The van der Waals surface area contributed by atoms with Gasteiger partial charge in [0.1, 0.15) is 5.72 Å². The van der Waals surface area contributed by atoms with Crippen LogP contribution in [0.4, 0.5) is 0 Å². The van der Waals surface area contributed by atoms with Gasteiger partial charge in [-0.05, 0) is 24.8 Å². The van der Waals surface area contributed by atoms with Crippen LogP contribution in [0.3, 0.4) is 0 Å². The van der Waals surface area contributed by atoms with E-state index in [1.165, 1.54) is 5.56 Å². The molecule has 3 saturated heterocycles. The topological polar surface area (TPSA) is 32.8 Å². The first-order valence-electron chi connectivity index (χ1n) is 9.78. The van der Waals surface area contributed by atoms with Crippen LogP contribution in [-0.2, 0) is 9.53 Å². The summed E-state index contributed by atoms with van der Waals surface area (Å²) in [4.78, 5) is 17.4. The van der Waals surface area contributed by atoms with Gasteiger partial charge in [-0.2, -0.15) is 0 Å². The van der Waals surface area contributed by atoms with Crippen molar-refractivity contribution in [2.45, 2.75) is 57.8 Å². The smallest absolute Gasteiger partial charge is 0.225 e. The molecule has 0 aromatic heterocycles. The number of likely N-dealkylation sites (tertiary alicyclic amines) is 1. The van der Waals surface area contributed by atoms with Crippen LogP contribution in [0.15, 0.2) is 30.3 Å². The molecule has 0 aliphatic carbocycles. The summed E-state index contributed by atoms with van der Waals surface area (Å²) in [7, 11) is 0. The van der Waals surface area contributed by atoms with Crippen molar-refractivity contribution in [1.82, 2.24) is 9.80 Å². The second kappa shape index (κ2) is 6.40. The maximum absolute atomic E-state index is 12.7. The van der Waals surface area contributed by atoms with Gasteiger partial charge in [-0.15, -0.1) is 0 Å². The monoisotopic (exact) mass is 342 g/mol. The summed E-state index contributed by atoms with van der Waals surface area (Å²) in [5.74, 6) is 1.18. The van der Waals surface area contributed by atoms with E-state index in [-0.39, 0.29) is 11.8 Å². The van der Waals surface area contributed by atoms with E-state index in [0.717, 1.165) is 25.9 Å². The van der Waals surface area contributed by atoms with Crippen molar-refractivity contribution in [3.05, 3.63) is 35.9 Å². The molecule has 0 N–H and O–H groups in total. The minimum atomic E-state index is -0.336. The maximum atomic E-state index is 12.7. The van der Waals surface area contributed by atoms with Crippen molar-refractivity contribution >= 4 is 5.91 Å². The second-order valence-electron chi connectivity index (χ2n) is 8.30. The van der Waals surface area contributed by atoms with Crippen LogP contribution in [-0.4, -0.2) is 47.2 Å². The van der Waals surface area contributed by atoms with Gasteiger partial charge in [0.2, 0.25) is 5.91 Å². The number of amides is 1. The Morgan fingerprint density at radius 1 is 1.20 bits per heavy atom. The number of rotatable bonds is 3. The van der Waals surface area contributed by atoms with Crippen LogP contribution in [0.1, 0.15) is 51.6 Å². The molecule has 1 aromatic rings. The summed E-state index contributed by atoms with van der Waals surface area (Å²) in [5.41, 5.74) is 1.03. The first-order chi connectivity index (χ1) is 12.0. The van der Waals surface area contributed by atoms with Crippen molar-refractivity contribution in [2.75, 3.05) is 19.7 Å². The van der Waals surface area contributed by atoms with Crippen LogP contribution in [0.5, 0.6) is 0 Å². The van der Waals surface area contributed by atoms with Gasteiger partial charge in [0.15, 0.2) is 0 Å². The number of nitrogens with zero attached hydrogens (tertiary/aromatic N) is 2. The van der Waals surface area contributed by atoms with Crippen molar-refractivity contribution in [3.8, 4) is 0 Å². The third-order valence-electron chi connectivity index (χ3n) is 6.67. The molecule has 3 aliphatic rings. The first kappa shape index (κ1) is 17.0. The lowest BCUT2D eigenvalue weighted by Gasteiger charge is -2.54. The number of hydrogen-bond acceptors (Lipinski definition) is 3. The highest BCUT2D eigenvalue weighted by Gasteiger charge is 2.59. The lowest BCUT2D eigenvalue weighted by molar-refractivity contribution is -0.194. The molecule has 25 heavy (non-hydrogen) atoms. The number of carbonyl (C=O) groups excluding carboxylic acids is 1. The number of hydrogen-bond donors (Lipinski definition) is 0. The molecular weight excluding hydrogens is 312 g/mol. The summed E-state index contributed by atoms with van der Waals surface area (Å²) < 4.78 is 6.40. The zero-order valence-electron chi connectivity index (χ0n) is 15.6. The third kappa shape index (κ3) is 2.70. The lowest BCUT2D eigenvalue weighted by Crippen LogP contribution is -2.65. The quantitative estimate of drug-likeness (QED) is 0.843. The minimum absolute atomic E-state index is 0.244. The normalized spacial score (nSPS) is 34.1. The zero-order valence-corrected chi connectivity index (χ0v) is 15.6. The predicted octanol–water partition coefficient (Wildman–Crippen LogP) is 3.44. The summed E-state index contributed by atoms with van der Waals surface area (Å²) in [6.07, 6.45) is 2.56. The van der Waals surface area contributed by atoms with Gasteiger partial charge in [-0.25, -0.2) is 0 Å². The van der Waals surface area contributed by atoms with Gasteiger partial charge in [0.25, 0.3) is 0 Å². The van der Waals surface area contributed by atoms with E-state index in [1.807, 2.05) is 0 Å². The Morgan fingerprint density at radius 2 is 1.96 bits per heavy atom. The standard InChI is InChI=1S/C21H30N2O2/c1-15(2)19-14-25-21-11-12-22(16(3)17-7-5-4-6-8-17)13-18(21)9-10-20(24)23(19)21/h4-8,15-16,18-19H,9-14H2,1-3H3. The maximum Gasteiger partial charge on any atom is 0.225 e. The van der Waals surface area contributed by atoms with E-state index < -0.39 is 0 Å². The number of benzene rings is 1. The molecule has 4 rings (SSSR count). The molecule has 0 bridgehead atoms. The SMILES string of the molecule is CC(C)C1COC23CCN(C(C)c4ccccc4)CC2CCC(=O)N13. The van der Waals surface area contributed by atoms with Gasteiger partial charge >= 0.3 is 0 Å². The molecule has 4 nitrogen and oxygen atoms in total. The van der Waals surface area contributed by atoms with Crippen LogP contribution in [0, 0.1) is 11.8 Å². The molecule has 1 aromatic carbocycles. The number of carbonyl (C=O) groups is 1. The predicted molar refractivity (Wildman–Crippen MR) is 97.9 cm³/mol. The van der Waals surface area contributed by atoms with Gasteiger partial charge in [-0.1, -0.05) is 44.2 Å². The van der Waals surface area contributed by atoms with Crippen molar-refractivity contribution in [3.63, 3.8) is 0 Å². The van der Waals surface area contributed by atoms with E-state index in [0.29, 0.717) is 36.8 Å². The molecule has 1 amide bonds. The summed E-state index contributed by atoms with van der Waals surface area (Å²) in [6.45, 7) is 9.42. The molecule has 4 heteroatoms. The Kier molecular flexibility index (Phi) is 4.37. The van der Waals surface area contributed by atoms with Gasteiger partial charge in [0, 0.05) is 37.9 Å². The highest BCUT2D eigenvalue weighted by Crippen LogP contribution is 2.48. The zero-order chi connectivity index (χ0) is 17.6. The summed E-state index contributed by atoms with van der Waals surface area (Å²) in [6, 6.07) is 11.4. The highest BCUT2D eigenvalue weighted by molar-refractivity contribution is 5.78. The largest absolute Gasteiger partial charge is 0.353 e. The van der Waals surface area contributed by atoms with Gasteiger partial charge < -0.3 is 9.64 Å². The molecule has 3 heterocycles. The van der Waals surface area contributed by atoms with Crippen LogP contribution >= 0.6 is 0 Å². The van der Waals surface area contributed by atoms with Crippen LogP contribution in [0.2, 0.25) is 0 Å². The fourth-order valence-electron chi connectivity index (χ4n) is 5.10. The summed E-state index contributed by atoms with van der Waals surface area (Å²) in [5, 5.41) is 0. The Balaban J connectivity index is 1.56. The van der Waals surface area contributed by atoms with E-state index in [2.05, 4.69) is 60.9 Å². The molecule has 3 fully saturated rings. The van der Waals surface area contributed by atoms with Crippen LogP contribution in [0.25, 0.3) is 0 Å². The first-order valence-corrected chi connectivity index (χ1v) is 9.78. The lowest BCUT2D eigenvalue weighted by atomic mass is 9.78. The fraction of sp³-hybridized carbons (Fsp3) is 0.667. The highest BCUT2D eigenvalue weighted by atomic mass is 16.5. The van der Waals surface area contributed by atoms with E-state index in [1.54, 1.807) is 0 Å². The average molecular weight is 342 g/mol. The minimum Gasteiger partial charge on any atom is -0.353 e. The molecule has 4 atom stereocenters. The van der Waals surface area contributed by atoms with E-state index in [9.17, 15) is 4.79 Å². The Bertz CT molecular complexity index is 632. The van der Waals surface area contributed by atoms with Crippen molar-refractivity contribution < 1.29 is 9.53 Å². The third-order valence-corrected chi connectivity index (χ3v) is 6.67. The van der Waals surface area contributed by atoms with Crippen molar-refractivity contribution in [2.24, 2.45) is 11.8 Å². The molecule has 3 aliphatic heterocycles.